The number of hydrogen-bond acceptors (Lipinski definition) is 5. The van der Waals surface area contributed by atoms with Gasteiger partial charge >= 0.3 is 6.09 Å². The number of amides is 1. The van der Waals surface area contributed by atoms with Gasteiger partial charge in [0.15, 0.2) is 0 Å². The summed E-state index contributed by atoms with van der Waals surface area (Å²) in [7, 11) is 0. The molecule has 2 rings (SSSR count). The molecule has 1 heterocycles. The Kier molecular flexibility index (Phi) is 5.87. The van der Waals surface area contributed by atoms with Gasteiger partial charge < -0.3 is 20.5 Å². The van der Waals surface area contributed by atoms with E-state index < -0.39 is 18.2 Å². The van der Waals surface area contributed by atoms with E-state index in [-0.39, 0.29) is 24.5 Å². The van der Waals surface area contributed by atoms with Crippen molar-refractivity contribution >= 4 is 12.0 Å². The van der Waals surface area contributed by atoms with Crippen molar-refractivity contribution < 1.29 is 23.8 Å². The third-order valence-corrected chi connectivity index (χ3v) is 3.70. The summed E-state index contributed by atoms with van der Waals surface area (Å²) in [4.78, 5) is 23.0. The van der Waals surface area contributed by atoms with Gasteiger partial charge in [-0.3, -0.25) is 0 Å². The van der Waals surface area contributed by atoms with Crippen molar-refractivity contribution in [3.8, 4) is 0 Å². The van der Waals surface area contributed by atoms with E-state index in [0.717, 1.165) is 5.56 Å². The summed E-state index contributed by atoms with van der Waals surface area (Å²) in [6.07, 6.45) is -0.969. The largest absolute Gasteiger partial charge is 0.441 e. The minimum Gasteiger partial charge on any atom is -0.441 e. The summed E-state index contributed by atoms with van der Waals surface area (Å²) >= 11 is 0. The van der Waals surface area contributed by atoms with Crippen LogP contribution in [0.5, 0.6) is 0 Å². The molecule has 0 saturated carbocycles. The van der Waals surface area contributed by atoms with Gasteiger partial charge in [0.05, 0.1) is 18.2 Å². The van der Waals surface area contributed by atoms with Gasteiger partial charge in [0.1, 0.15) is 17.9 Å². The average Bonchev–Trinajstić information content (AvgIpc) is 2.53. The number of benzene rings is 1. The van der Waals surface area contributed by atoms with Gasteiger partial charge in [0.2, 0.25) is 0 Å². The molecule has 6 nitrogen and oxygen atoms in total. The maximum Gasteiger partial charge on any atom is 0.407 e. The number of carbonyl (C=O) groups excluding carboxylic acids is 2. The number of rotatable bonds is 4. The lowest BCUT2D eigenvalue weighted by Crippen LogP contribution is -2.41. The minimum absolute atomic E-state index is 0.0738. The SMILES string of the molecule is Cc1cc(F)ccc1C1NCCC(OC(=O)NCCO)C1=C=O. The Morgan fingerprint density at radius 3 is 3.00 bits per heavy atom. The summed E-state index contributed by atoms with van der Waals surface area (Å²) in [5.41, 5.74) is 1.71. The second kappa shape index (κ2) is 7.87. The van der Waals surface area contributed by atoms with Crippen molar-refractivity contribution in [1.29, 1.82) is 0 Å². The first kappa shape index (κ1) is 17.1. The number of nitrogens with one attached hydrogen (secondary N) is 2. The monoisotopic (exact) mass is 322 g/mol. The number of aliphatic hydroxyl groups excluding tert-OH is 1. The molecule has 0 radical (unpaired) electrons. The highest BCUT2D eigenvalue weighted by Gasteiger charge is 2.33. The zero-order valence-electron chi connectivity index (χ0n) is 12.8. The van der Waals surface area contributed by atoms with Crippen LogP contribution in [-0.4, -0.2) is 42.9 Å². The molecule has 2 atom stereocenters. The van der Waals surface area contributed by atoms with E-state index in [9.17, 15) is 14.0 Å². The zero-order valence-corrected chi connectivity index (χ0v) is 12.8. The van der Waals surface area contributed by atoms with E-state index in [1.165, 1.54) is 12.1 Å². The first-order chi connectivity index (χ1) is 11.1. The molecule has 1 aliphatic rings. The molecule has 1 fully saturated rings. The minimum atomic E-state index is -0.707. The number of aliphatic hydroxyl groups is 1. The van der Waals surface area contributed by atoms with Crippen LogP contribution in [0.2, 0.25) is 0 Å². The highest BCUT2D eigenvalue weighted by atomic mass is 19.1. The van der Waals surface area contributed by atoms with E-state index >= 15 is 0 Å². The summed E-state index contributed by atoms with van der Waals surface area (Å²) in [5, 5.41) is 14.2. The van der Waals surface area contributed by atoms with Crippen LogP contribution in [0.1, 0.15) is 23.6 Å². The fourth-order valence-corrected chi connectivity index (χ4v) is 2.63. The Morgan fingerprint density at radius 1 is 1.57 bits per heavy atom. The predicted octanol–water partition coefficient (Wildman–Crippen LogP) is 1.01. The molecule has 2 unspecified atom stereocenters. The van der Waals surface area contributed by atoms with Crippen molar-refractivity contribution in [1.82, 2.24) is 10.6 Å². The normalized spacial score (nSPS) is 20.7. The Hall–Kier alpha value is -2.21. The summed E-state index contributed by atoms with van der Waals surface area (Å²) < 4.78 is 18.5. The second-order valence-electron chi connectivity index (χ2n) is 5.28. The molecule has 1 saturated heterocycles. The number of piperidine rings is 1. The molecule has 1 amide bonds. The van der Waals surface area contributed by atoms with Crippen LogP contribution in [0.25, 0.3) is 0 Å². The van der Waals surface area contributed by atoms with Gasteiger partial charge in [-0.15, -0.1) is 0 Å². The van der Waals surface area contributed by atoms with E-state index in [1.807, 2.05) is 5.94 Å². The van der Waals surface area contributed by atoms with Gasteiger partial charge in [-0.05, 0) is 36.7 Å². The molecule has 0 spiro atoms. The molecule has 0 aliphatic carbocycles. The number of alkyl carbamates (subject to hydrolysis) is 1. The zero-order chi connectivity index (χ0) is 16.8. The van der Waals surface area contributed by atoms with Crippen molar-refractivity contribution in [2.45, 2.75) is 25.5 Å². The molecular weight excluding hydrogens is 303 g/mol. The van der Waals surface area contributed by atoms with Gasteiger partial charge in [-0.25, -0.2) is 14.0 Å². The highest BCUT2D eigenvalue weighted by Crippen LogP contribution is 2.31. The van der Waals surface area contributed by atoms with Crippen LogP contribution in [0, 0.1) is 12.7 Å². The van der Waals surface area contributed by atoms with Crippen molar-refractivity contribution in [3.05, 3.63) is 40.7 Å². The highest BCUT2D eigenvalue weighted by molar-refractivity contribution is 5.69. The maximum atomic E-state index is 13.3. The predicted molar refractivity (Wildman–Crippen MR) is 81.1 cm³/mol. The molecule has 0 aromatic heterocycles. The van der Waals surface area contributed by atoms with E-state index in [1.54, 1.807) is 13.0 Å². The smallest absolute Gasteiger partial charge is 0.407 e. The van der Waals surface area contributed by atoms with Gasteiger partial charge in [-0.1, -0.05) is 6.07 Å². The van der Waals surface area contributed by atoms with E-state index in [0.29, 0.717) is 18.5 Å². The Balaban J connectivity index is 2.18. The van der Waals surface area contributed by atoms with Crippen molar-refractivity contribution in [2.24, 2.45) is 0 Å². The lowest BCUT2D eigenvalue weighted by molar-refractivity contribution is 0.0977. The molecule has 23 heavy (non-hydrogen) atoms. The van der Waals surface area contributed by atoms with E-state index in [4.69, 9.17) is 9.84 Å². The Morgan fingerprint density at radius 2 is 2.35 bits per heavy atom. The second-order valence-corrected chi connectivity index (χ2v) is 5.28. The topological polar surface area (TPSA) is 87.7 Å². The third-order valence-electron chi connectivity index (χ3n) is 3.70. The molecule has 7 heteroatoms. The van der Waals surface area contributed by atoms with Crippen LogP contribution in [0.15, 0.2) is 23.8 Å². The third kappa shape index (κ3) is 4.16. The first-order valence-electron chi connectivity index (χ1n) is 7.36. The number of aryl methyl sites for hydroxylation is 1. The van der Waals surface area contributed by atoms with Crippen molar-refractivity contribution in [3.63, 3.8) is 0 Å². The maximum absolute atomic E-state index is 13.3. The van der Waals surface area contributed by atoms with Gasteiger partial charge in [0, 0.05) is 13.0 Å². The number of carbonyl (C=O) groups is 1. The molecule has 1 aromatic carbocycles. The van der Waals surface area contributed by atoms with Crippen LogP contribution >= 0.6 is 0 Å². The summed E-state index contributed by atoms with van der Waals surface area (Å²) in [5.74, 6) is 1.51. The molecule has 1 aliphatic heterocycles. The Bertz CT molecular complexity index is 629. The summed E-state index contributed by atoms with van der Waals surface area (Å²) in [6.45, 7) is 2.16. The van der Waals surface area contributed by atoms with Gasteiger partial charge in [0.25, 0.3) is 0 Å². The van der Waals surface area contributed by atoms with Crippen LogP contribution in [-0.2, 0) is 9.53 Å². The fraction of sp³-hybridized carbons (Fsp3) is 0.438. The molecule has 124 valence electrons. The molecule has 1 aromatic rings. The lowest BCUT2D eigenvalue weighted by Gasteiger charge is -2.32. The molecule has 3 N–H and O–H groups in total. The molecule has 0 bridgehead atoms. The number of hydrogen-bond donors (Lipinski definition) is 3. The van der Waals surface area contributed by atoms with E-state index in [2.05, 4.69) is 10.6 Å². The average molecular weight is 322 g/mol. The van der Waals surface area contributed by atoms with Crippen LogP contribution in [0.3, 0.4) is 0 Å². The number of halogens is 1. The number of ether oxygens (including phenoxy) is 1. The van der Waals surface area contributed by atoms with Gasteiger partial charge in [-0.2, -0.15) is 0 Å². The standard InChI is InChI=1S/C16H19FN2O4/c1-10-8-11(17)2-3-12(10)15-13(9-21)14(4-5-18-15)23-16(22)19-6-7-20/h2-3,8,14-15,18,20H,4-7H2,1H3,(H,19,22). The van der Waals surface area contributed by atoms with Crippen LogP contribution in [0.4, 0.5) is 9.18 Å². The lowest BCUT2D eigenvalue weighted by atomic mass is 9.88. The Labute approximate surface area is 133 Å². The summed E-state index contributed by atoms with van der Waals surface area (Å²) in [6, 6.07) is 3.84. The fourth-order valence-electron chi connectivity index (χ4n) is 2.63. The van der Waals surface area contributed by atoms with Crippen molar-refractivity contribution in [2.75, 3.05) is 19.7 Å². The first-order valence-corrected chi connectivity index (χ1v) is 7.36. The molecular formula is C16H19FN2O4. The van der Waals surface area contributed by atoms with Crippen LogP contribution < -0.4 is 10.6 Å². The quantitative estimate of drug-likeness (QED) is 0.720.